The molecule has 0 fully saturated rings. The number of amides is 1. The normalized spacial score (nSPS) is 11.7. The summed E-state index contributed by atoms with van der Waals surface area (Å²) >= 11 is 0. The topological polar surface area (TPSA) is 103 Å². The third kappa shape index (κ3) is 3.98. The van der Waals surface area contributed by atoms with E-state index in [4.69, 9.17) is 4.74 Å². The first-order valence-corrected chi connectivity index (χ1v) is 9.36. The standard InChI is InChI=1S/C22H23N3O5/c1-13-10-11-16(12-18(13)26)22(29)30-15(3)20(27)23-19-14(2)24(4)25(21(19)28)17-8-6-5-7-9-17/h5-12,15,26H,1-4H3,(H,23,27)/t15-/m0/s1. The second kappa shape index (κ2) is 8.28. The fraction of sp³-hybridized carbons (Fsp3) is 0.227. The van der Waals surface area contributed by atoms with Gasteiger partial charge in [0.2, 0.25) is 0 Å². The molecule has 0 aliphatic heterocycles. The number of hydrogen-bond donors (Lipinski definition) is 2. The second-order valence-corrected chi connectivity index (χ2v) is 6.97. The van der Waals surface area contributed by atoms with Crippen LogP contribution in [-0.4, -0.2) is 32.5 Å². The lowest BCUT2D eigenvalue weighted by molar-refractivity contribution is -0.123. The maximum atomic E-state index is 12.9. The van der Waals surface area contributed by atoms with Gasteiger partial charge in [0.1, 0.15) is 11.4 Å². The Morgan fingerprint density at radius 3 is 2.40 bits per heavy atom. The minimum Gasteiger partial charge on any atom is -0.508 e. The third-order valence-electron chi connectivity index (χ3n) is 4.90. The van der Waals surface area contributed by atoms with Crippen molar-refractivity contribution in [2.45, 2.75) is 26.9 Å². The number of phenolic OH excluding ortho intramolecular Hbond substituents is 1. The fourth-order valence-electron chi connectivity index (χ4n) is 2.96. The number of aromatic hydroxyl groups is 1. The summed E-state index contributed by atoms with van der Waals surface area (Å²) in [7, 11) is 1.71. The summed E-state index contributed by atoms with van der Waals surface area (Å²) in [5.41, 5.74) is 1.68. The van der Waals surface area contributed by atoms with E-state index in [1.165, 1.54) is 23.7 Å². The van der Waals surface area contributed by atoms with Gasteiger partial charge in [-0.2, -0.15) is 0 Å². The Bertz CT molecular complexity index is 1160. The van der Waals surface area contributed by atoms with Gasteiger partial charge >= 0.3 is 5.97 Å². The van der Waals surface area contributed by atoms with Crippen LogP contribution >= 0.6 is 0 Å². The Balaban J connectivity index is 1.78. The van der Waals surface area contributed by atoms with E-state index in [9.17, 15) is 19.5 Å². The summed E-state index contributed by atoms with van der Waals surface area (Å²) in [4.78, 5) is 37.7. The molecule has 0 spiro atoms. The van der Waals surface area contributed by atoms with Crippen LogP contribution in [0.1, 0.15) is 28.5 Å². The molecule has 0 bridgehead atoms. The average Bonchev–Trinajstić information content (AvgIpc) is 2.93. The number of rotatable bonds is 5. The summed E-state index contributed by atoms with van der Waals surface area (Å²) in [5, 5.41) is 12.3. The number of anilines is 1. The average molecular weight is 409 g/mol. The molecule has 1 amide bonds. The van der Waals surface area contributed by atoms with Gasteiger partial charge in [-0.15, -0.1) is 0 Å². The molecule has 8 nitrogen and oxygen atoms in total. The molecule has 3 aromatic rings. The molecule has 2 N–H and O–H groups in total. The summed E-state index contributed by atoms with van der Waals surface area (Å²) < 4.78 is 8.27. The minimum atomic E-state index is -1.15. The van der Waals surface area contributed by atoms with E-state index in [2.05, 4.69) is 5.32 Å². The first-order valence-electron chi connectivity index (χ1n) is 9.36. The molecule has 0 unspecified atom stereocenters. The molecular formula is C22H23N3O5. The highest BCUT2D eigenvalue weighted by Crippen LogP contribution is 2.19. The number of carbonyl (C=O) groups is 2. The van der Waals surface area contributed by atoms with Crippen molar-refractivity contribution in [1.29, 1.82) is 0 Å². The molecule has 3 rings (SSSR count). The lowest BCUT2D eigenvalue weighted by Gasteiger charge is -2.13. The Hall–Kier alpha value is -3.81. The number of carbonyl (C=O) groups excluding carboxylic acids is 2. The predicted octanol–water partition coefficient (Wildman–Crippen LogP) is 2.68. The highest BCUT2D eigenvalue weighted by Gasteiger charge is 2.23. The Morgan fingerprint density at radius 1 is 1.10 bits per heavy atom. The number of esters is 1. The number of ether oxygens (including phenoxy) is 1. The van der Waals surface area contributed by atoms with Gasteiger partial charge < -0.3 is 15.2 Å². The van der Waals surface area contributed by atoms with Crippen molar-refractivity contribution in [3.05, 3.63) is 75.7 Å². The number of para-hydroxylation sites is 1. The van der Waals surface area contributed by atoms with Crippen LogP contribution in [0.4, 0.5) is 5.69 Å². The van der Waals surface area contributed by atoms with Crippen LogP contribution in [-0.2, 0) is 16.6 Å². The molecule has 0 saturated heterocycles. The maximum Gasteiger partial charge on any atom is 0.339 e. The lowest BCUT2D eigenvalue weighted by Crippen LogP contribution is -2.32. The molecule has 30 heavy (non-hydrogen) atoms. The fourth-order valence-corrected chi connectivity index (χ4v) is 2.96. The van der Waals surface area contributed by atoms with Crippen LogP contribution in [0.15, 0.2) is 53.3 Å². The molecule has 0 radical (unpaired) electrons. The Morgan fingerprint density at radius 2 is 1.77 bits per heavy atom. The van der Waals surface area contributed by atoms with Crippen LogP contribution in [0.2, 0.25) is 0 Å². The molecule has 1 heterocycles. The lowest BCUT2D eigenvalue weighted by atomic mass is 10.1. The molecule has 1 atom stereocenters. The van der Waals surface area contributed by atoms with E-state index in [1.807, 2.05) is 18.2 Å². The first-order chi connectivity index (χ1) is 14.2. The van der Waals surface area contributed by atoms with Gasteiger partial charge in [0.15, 0.2) is 6.10 Å². The maximum absolute atomic E-state index is 12.9. The summed E-state index contributed by atoms with van der Waals surface area (Å²) in [5.74, 6) is -1.42. The number of phenols is 1. The van der Waals surface area contributed by atoms with Crippen molar-refractivity contribution < 1.29 is 19.4 Å². The summed E-state index contributed by atoms with van der Waals surface area (Å²) in [6.45, 7) is 4.82. The zero-order valence-corrected chi connectivity index (χ0v) is 17.2. The molecule has 0 aliphatic rings. The molecule has 1 aromatic heterocycles. The van der Waals surface area contributed by atoms with Crippen molar-refractivity contribution in [1.82, 2.24) is 9.36 Å². The van der Waals surface area contributed by atoms with Crippen molar-refractivity contribution in [3.8, 4) is 11.4 Å². The molecule has 0 aliphatic carbocycles. The van der Waals surface area contributed by atoms with Gasteiger partial charge in [-0.1, -0.05) is 24.3 Å². The third-order valence-corrected chi connectivity index (χ3v) is 4.90. The van der Waals surface area contributed by atoms with Crippen LogP contribution in [0.3, 0.4) is 0 Å². The summed E-state index contributed by atoms with van der Waals surface area (Å²) in [6.07, 6.45) is -1.15. The number of hydrogen-bond acceptors (Lipinski definition) is 5. The number of aromatic nitrogens is 2. The first kappa shape index (κ1) is 20.9. The number of nitrogens with one attached hydrogen (secondary N) is 1. The molecule has 8 heteroatoms. The van der Waals surface area contributed by atoms with Crippen LogP contribution in [0.25, 0.3) is 5.69 Å². The van der Waals surface area contributed by atoms with Crippen LogP contribution in [0, 0.1) is 13.8 Å². The SMILES string of the molecule is Cc1ccc(C(=O)O[C@@H](C)C(=O)Nc2c(C)n(C)n(-c3ccccc3)c2=O)cc1O. The van der Waals surface area contributed by atoms with E-state index in [0.717, 1.165) is 0 Å². The Kier molecular flexibility index (Phi) is 5.77. The van der Waals surface area contributed by atoms with E-state index in [0.29, 0.717) is 16.9 Å². The quantitative estimate of drug-likeness (QED) is 0.631. The van der Waals surface area contributed by atoms with Gasteiger partial charge in [0.25, 0.3) is 11.5 Å². The minimum absolute atomic E-state index is 0.0390. The number of benzene rings is 2. The zero-order chi connectivity index (χ0) is 22.0. The van der Waals surface area contributed by atoms with Crippen molar-refractivity contribution in [2.75, 3.05) is 5.32 Å². The predicted molar refractivity (Wildman–Crippen MR) is 112 cm³/mol. The molecular weight excluding hydrogens is 386 g/mol. The monoisotopic (exact) mass is 409 g/mol. The van der Waals surface area contributed by atoms with Crippen molar-refractivity contribution in [2.24, 2.45) is 7.05 Å². The van der Waals surface area contributed by atoms with Gasteiger partial charge in [0, 0.05) is 7.05 Å². The molecule has 156 valence electrons. The molecule has 2 aromatic carbocycles. The number of aryl methyl sites for hydroxylation is 1. The van der Waals surface area contributed by atoms with Gasteiger partial charge in [-0.05, 0) is 50.6 Å². The van der Waals surface area contributed by atoms with Crippen molar-refractivity contribution in [3.63, 3.8) is 0 Å². The van der Waals surface area contributed by atoms with Gasteiger partial charge in [-0.25, -0.2) is 9.48 Å². The van der Waals surface area contributed by atoms with Crippen LogP contribution in [0.5, 0.6) is 5.75 Å². The van der Waals surface area contributed by atoms with Gasteiger partial charge in [-0.3, -0.25) is 14.3 Å². The number of nitrogens with zero attached hydrogens (tertiary/aromatic N) is 2. The highest BCUT2D eigenvalue weighted by atomic mass is 16.5. The zero-order valence-electron chi connectivity index (χ0n) is 17.2. The van der Waals surface area contributed by atoms with E-state index >= 15 is 0 Å². The smallest absolute Gasteiger partial charge is 0.339 e. The van der Waals surface area contributed by atoms with Gasteiger partial charge in [0.05, 0.1) is 16.9 Å². The van der Waals surface area contributed by atoms with E-state index in [-0.39, 0.29) is 17.0 Å². The highest BCUT2D eigenvalue weighted by molar-refractivity contribution is 5.97. The van der Waals surface area contributed by atoms with Crippen LogP contribution < -0.4 is 10.9 Å². The van der Waals surface area contributed by atoms with Crippen molar-refractivity contribution >= 4 is 17.6 Å². The summed E-state index contributed by atoms with van der Waals surface area (Å²) in [6, 6.07) is 13.4. The van der Waals surface area contributed by atoms with E-state index in [1.54, 1.807) is 43.8 Å². The van der Waals surface area contributed by atoms with E-state index < -0.39 is 23.5 Å². The molecule has 0 saturated carbocycles. The largest absolute Gasteiger partial charge is 0.508 e. The second-order valence-electron chi connectivity index (χ2n) is 6.97. The Labute approximate surface area is 173 Å².